The summed E-state index contributed by atoms with van der Waals surface area (Å²) < 4.78 is 20.9. The van der Waals surface area contributed by atoms with Crippen molar-refractivity contribution in [3.8, 4) is 5.75 Å². The number of nitrogens with zero attached hydrogens (tertiary/aromatic N) is 4. The molecule has 0 saturated carbocycles. The maximum Gasteiger partial charge on any atom is 0.260 e. The fourth-order valence-electron chi connectivity index (χ4n) is 2.90. The Morgan fingerprint density at radius 3 is 2.64 bits per heavy atom. The van der Waals surface area contributed by atoms with Gasteiger partial charge in [0.05, 0.1) is 0 Å². The summed E-state index contributed by atoms with van der Waals surface area (Å²) in [5.74, 6) is 0.576. The Hall–Kier alpha value is -2.41. The van der Waals surface area contributed by atoms with E-state index in [1.54, 1.807) is 17.0 Å². The van der Waals surface area contributed by atoms with Gasteiger partial charge in [-0.3, -0.25) is 9.69 Å². The predicted molar refractivity (Wildman–Crippen MR) is 91.9 cm³/mol. The van der Waals surface area contributed by atoms with Gasteiger partial charge in [-0.2, -0.15) is 0 Å². The molecule has 2 aromatic rings. The van der Waals surface area contributed by atoms with Gasteiger partial charge >= 0.3 is 0 Å². The van der Waals surface area contributed by atoms with Crippen molar-refractivity contribution in [2.45, 2.75) is 13.5 Å². The number of benzene rings is 1. The largest absolute Gasteiger partial charge is 0.481 e. The van der Waals surface area contributed by atoms with Crippen LogP contribution in [0.3, 0.4) is 0 Å². The molecule has 1 saturated heterocycles. The molecule has 3 rings (SSSR count). The third-order valence-corrected chi connectivity index (χ3v) is 4.49. The maximum atomic E-state index is 13.5. The molecule has 134 valence electrons. The standard InChI is InChI=1S/C18H23FN4O2/c1-15-20-6-7-22(15)11-8-21-9-12-23(13-10-21)18(24)14-25-17-5-3-2-4-16(17)19/h2-7H,8-14H2,1H3. The van der Waals surface area contributed by atoms with Crippen LogP contribution in [0.25, 0.3) is 0 Å². The Labute approximate surface area is 146 Å². The van der Waals surface area contributed by atoms with Gasteiger partial charge in [0.25, 0.3) is 5.91 Å². The van der Waals surface area contributed by atoms with Crippen molar-refractivity contribution in [2.75, 3.05) is 39.3 Å². The van der Waals surface area contributed by atoms with Crippen molar-refractivity contribution in [3.05, 3.63) is 48.3 Å². The molecule has 0 aliphatic carbocycles. The molecule has 1 aliphatic rings. The fraction of sp³-hybridized carbons (Fsp3) is 0.444. The topological polar surface area (TPSA) is 50.6 Å². The zero-order valence-electron chi connectivity index (χ0n) is 14.4. The molecule has 0 bridgehead atoms. The third-order valence-electron chi connectivity index (χ3n) is 4.49. The van der Waals surface area contributed by atoms with Crippen molar-refractivity contribution in [1.82, 2.24) is 19.4 Å². The first-order valence-corrected chi connectivity index (χ1v) is 8.48. The van der Waals surface area contributed by atoms with Gasteiger partial charge in [-0.25, -0.2) is 9.37 Å². The van der Waals surface area contributed by atoms with Crippen LogP contribution >= 0.6 is 0 Å². The minimum atomic E-state index is -0.449. The second-order valence-electron chi connectivity index (χ2n) is 6.11. The van der Waals surface area contributed by atoms with Crippen molar-refractivity contribution in [3.63, 3.8) is 0 Å². The van der Waals surface area contributed by atoms with Crippen LogP contribution in [0.1, 0.15) is 5.82 Å². The highest BCUT2D eigenvalue weighted by atomic mass is 19.1. The zero-order valence-corrected chi connectivity index (χ0v) is 14.4. The van der Waals surface area contributed by atoms with Crippen molar-refractivity contribution < 1.29 is 13.9 Å². The molecule has 1 amide bonds. The van der Waals surface area contributed by atoms with E-state index in [2.05, 4.69) is 14.5 Å². The molecule has 0 radical (unpaired) electrons. The van der Waals surface area contributed by atoms with Crippen LogP contribution in [0.4, 0.5) is 4.39 Å². The first kappa shape index (κ1) is 17.4. The van der Waals surface area contributed by atoms with E-state index >= 15 is 0 Å². The Morgan fingerprint density at radius 2 is 1.96 bits per heavy atom. The van der Waals surface area contributed by atoms with Crippen LogP contribution in [0.2, 0.25) is 0 Å². The van der Waals surface area contributed by atoms with Crippen LogP contribution in [0.5, 0.6) is 5.75 Å². The summed E-state index contributed by atoms with van der Waals surface area (Å²) in [7, 11) is 0. The summed E-state index contributed by atoms with van der Waals surface area (Å²) in [4.78, 5) is 20.6. The number of rotatable bonds is 6. The van der Waals surface area contributed by atoms with Crippen LogP contribution in [-0.2, 0) is 11.3 Å². The number of aromatic nitrogens is 2. The molecular formula is C18H23FN4O2. The van der Waals surface area contributed by atoms with Gasteiger partial charge in [-0.1, -0.05) is 12.1 Å². The quantitative estimate of drug-likeness (QED) is 0.796. The van der Waals surface area contributed by atoms with Crippen LogP contribution in [0, 0.1) is 12.7 Å². The number of carbonyl (C=O) groups excluding carboxylic acids is 1. The Morgan fingerprint density at radius 1 is 1.20 bits per heavy atom. The molecule has 1 aliphatic heterocycles. The number of halogens is 1. The summed E-state index contributed by atoms with van der Waals surface area (Å²) in [6.07, 6.45) is 3.79. The fourth-order valence-corrected chi connectivity index (χ4v) is 2.90. The number of aryl methyl sites for hydroxylation is 1. The van der Waals surface area contributed by atoms with Gasteiger partial charge in [0.2, 0.25) is 0 Å². The van der Waals surface area contributed by atoms with E-state index in [1.807, 2.05) is 19.3 Å². The molecule has 0 atom stereocenters. The van der Waals surface area contributed by atoms with E-state index in [0.717, 1.165) is 32.0 Å². The molecule has 25 heavy (non-hydrogen) atoms. The molecule has 1 aromatic carbocycles. The summed E-state index contributed by atoms with van der Waals surface area (Å²) in [5.41, 5.74) is 0. The molecule has 2 heterocycles. The molecule has 6 nitrogen and oxygen atoms in total. The number of para-hydroxylation sites is 1. The highest BCUT2D eigenvalue weighted by molar-refractivity contribution is 5.77. The Kier molecular flexibility index (Phi) is 5.65. The van der Waals surface area contributed by atoms with Crippen LogP contribution < -0.4 is 4.74 Å². The minimum absolute atomic E-state index is 0.103. The lowest BCUT2D eigenvalue weighted by atomic mass is 10.3. The lowest BCUT2D eigenvalue weighted by molar-refractivity contribution is -0.135. The number of ether oxygens (including phenoxy) is 1. The number of amides is 1. The smallest absolute Gasteiger partial charge is 0.260 e. The van der Waals surface area contributed by atoms with Crippen molar-refractivity contribution >= 4 is 5.91 Å². The van der Waals surface area contributed by atoms with Gasteiger partial charge in [0, 0.05) is 51.7 Å². The van der Waals surface area contributed by atoms with Gasteiger partial charge in [-0.05, 0) is 19.1 Å². The van der Waals surface area contributed by atoms with Gasteiger partial charge < -0.3 is 14.2 Å². The van der Waals surface area contributed by atoms with Gasteiger partial charge in [-0.15, -0.1) is 0 Å². The summed E-state index contributed by atoms with van der Waals surface area (Å²) in [6, 6.07) is 6.12. The first-order valence-electron chi connectivity index (χ1n) is 8.48. The highest BCUT2D eigenvalue weighted by Gasteiger charge is 2.21. The lowest BCUT2D eigenvalue weighted by Gasteiger charge is -2.34. The number of hydrogen-bond donors (Lipinski definition) is 0. The third kappa shape index (κ3) is 4.57. The van der Waals surface area contributed by atoms with E-state index in [9.17, 15) is 9.18 Å². The average molecular weight is 346 g/mol. The second kappa shape index (κ2) is 8.11. The minimum Gasteiger partial charge on any atom is -0.481 e. The van der Waals surface area contributed by atoms with E-state index in [0.29, 0.717) is 13.1 Å². The molecule has 0 unspecified atom stereocenters. The number of piperazine rings is 1. The summed E-state index contributed by atoms with van der Waals surface area (Å²) >= 11 is 0. The summed E-state index contributed by atoms with van der Waals surface area (Å²) in [6.45, 7) is 6.70. The van der Waals surface area contributed by atoms with Crippen molar-refractivity contribution in [1.29, 1.82) is 0 Å². The first-order chi connectivity index (χ1) is 12.1. The molecule has 0 N–H and O–H groups in total. The normalized spacial score (nSPS) is 15.4. The van der Waals surface area contributed by atoms with E-state index < -0.39 is 5.82 Å². The molecule has 1 fully saturated rings. The molecule has 0 spiro atoms. The monoisotopic (exact) mass is 346 g/mol. The average Bonchev–Trinajstić information content (AvgIpc) is 3.04. The van der Waals surface area contributed by atoms with Gasteiger partial charge in [0.15, 0.2) is 18.2 Å². The van der Waals surface area contributed by atoms with Gasteiger partial charge in [0.1, 0.15) is 5.82 Å². The predicted octanol–water partition coefficient (Wildman–Crippen LogP) is 1.55. The Balaban J connectivity index is 1.40. The maximum absolute atomic E-state index is 13.5. The second-order valence-corrected chi connectivity index (χ2v) is 6.11. The SMILES string of the molecule is Cc1nccn1CCN1CCN(C(=O)COc2ccccc2F)CC1. The highest BCUT2D eigenvalue weighted by Crippen LogP contribution is 2.15. The van der Waals surface area contributed by atoms with E-state index in [4.69, 9.17) is 4.74 Å². The van der Waals surface area contributed by atoms with E-state index in [-0.39, 0.29) is 18.3 Å². The Bertz CT molecular complexity index is 711. The number of hydrogen-bond acceptors (Lipinski definition) is 4. The lowest BCUT2D eigenvalue weighted by Crippen LogP contribution is -2.50. The number of imidazole rings is 1. The van der Waals surface area contributed by atoms with E-state index in [1.165, 1.54) is 12.1 Å². The van der Waals surface area contributed by atoms with Crippen LogP contribution in [0.15, 0.2) is 36.7 Å². The zero-order chi connectivity index (χ0) is 17.6. The molecular weight excluding hydrogens is 323 g/mol. The molecule has 7 heteroatoms. The molecule has 1 aromatic heterocycles. The summed E-state index contributed by atoms with van der Waals surface area (Å²) in [5, 5.41) is 0. The van der Waals surface area contributed by atoms with Crippen molar-refractivity contribution in [2.24, 2.45) is 0 Å². The van der Waals surface area contributed by atoms with Crippen LogP contribution in [-0.4, -0.2) is 64.6 Å². The number of carbonyl (C=O) groups is 1.